The van der Waals surface area contributed by atoms with E-state index in [1.807, 2.05) is 6.07 Å². The third kappa shape index (κ3) is 4.09. The van der Waals surface area contributed by atoms with E-state index in [-0.39, 0.29) is 23.4 Å². The molecule has 2 N–H and O–H groups in total. The minimum Gasteiger partial charge on any atom is -0.378 e. The average Bonchev–Trinajstić information content (AvgIpc) is 2.69. The second-order valence-corrected chi connectivity index (χ2v) is 6.16. The van der Waals surface area contributed by atoms with Crippen LogP contribution < -0.4 is 10.9 Å². The maximum Gasteiger partial charge on any atom is 0.293 e. The lowest BCUT2D eigenvalue weighted by molar-refractivity contribution is -0.147. The van der Waals surface area contributed by atoms with Gasteiger partial charge in [-0.05, 0) is 5.56 Å². The van der Waals surface area contributed by atoms with Crippen molar-refractivity contribution in [2.24, 2.45) is 7.05 Å². The SMILES string of the molecule is Cn1ccnc(NC[C@H]2CN(C(=O)[C@H](O)c3ccccc3)CCO2)c1=O. The first-order valence-corrected chi connectivity index (χ1v) is 8.45. The molecule has 2 atom stereocenters. The number of carbonyl (C=O) groups excluding carboxylic acids is 1. The van der Waals surface area contributed by atoms with E-state index in [1.54, 1.807) is 42.4 Å². The molecule has 8 heteroatoms. The Labute approximate surface area is 151 Å². The van der Waals surface area contributed by atoms with Crippen molar-refractivity contribution >= 4 is 11.7 Å². The van der Waals surface area contributed by atoms with Crippen molar-refractivity contribution in [3.8, 4) is 0 Å². The van der Waals surface area contributed by atoms with Crippen molar-refractivity contribution < 1.29 is 14.6 Å². The number of aliphatic hydroxyl groups excluding tert-OH is 1. The molecule has 0 unspecified atom stereocenters. The molecule has 1 saturated heterocycles. The minimum atomic E-state index is -1.19. The van der Waals surface area contributed by atoms with Crippen LogP contribution >= 0.6 is 0 Å². The van der Waals surface area contributed by atoms with Gasteiger partial charge in [0.2, 0.25) is 0 Å². The van der Waals surface area contributed by atoms with Crippen LogP contribution in [0.3, 0.4) is 0 Å². The zero-order valence-corrected chi connectivity index (χ0v) is 14.5. The van der Waals surface area contributed by atoms with E-state index in [1.165, 1.54) is 10.8 Å². The Bertz CT molecular complexity index is 808. The molecule has 2 heterocycles. The highest BCUT2D eigenvalue weighted by Gasteiger charge is 2.29. The summed E-state index contributed by atoms with van der Waals surface area (Å²) in [6.45, 7) is 1.48. The molecule has 0 bridgehead atoms. The first-order chi connectivity index (χ1) is 12.6. The summed E-state index contributed by atoms with van der Waals surface area (Å²) >= 11 is 0. The third-order valence-corrected chi connectivity index (χ3v) is 4.31. The number of aromatic nitrogens is 2. The van der Waals surface area contributed by atoms with Gasteiger partial charge in [0.25, 0.3) is 11.5 Å². The van der Waals surface area contributed by atoms with Crippen LogP contribution in [0.25, 0.3) is 0 Å². The molecule has 1 amide bonds. The second kappa shape index (κ2) is 8.11. The number of hydrogen-bond donors (Lipinski definition) is 2. The molecule has 1 aliphatic heterocycles. The summed E-state index contributed by atoms with van der Waals surface area (Å²) in [4.78, 5) is 30.1. The topological polar surface area (TPSA) is 96.7 Å². The molecule has 1 aliphatic rings. The zero-order valence-electron chi connectivity index (χ0n) is 14.5. The Balaban J connectivity index is 1.59. The molecule has 0 saturated carbocycles. The Morgan fingerprint density at radius 3 is 2.96 bits per heavy atom. The maximum atomic E-state index is 12.6. The molecule has 138 valence electrons. The van der Waals surface area contributed by atoms with E-state index in [0.29, 0.717) is 31.8 Å². The number of aryl methyl sites for hydroxylation is 1. The summed E-state index contributed by atoms with van der Waals surface area (Å²) in [5.41, 5.74) is 0.339. The summed E-state index contributed by atoms with van der Waals surface area (Å²) < 4.78 is 7.09. The fraction of sp³-hybridized carbons (Fsp3) is 0.389. The van der Waals surface area contributed by atoms with Crippen molar-refractivity contribution in [1.29, 1.82) is 0 Å². The predicted octanol–water partition coefficient (Wildman–Crippen LogP) is 0.153. The monoisotopic (exact) mass is 358 g/mol. The standard InChI is InChI=1S/C18H22N4O4/c1-21-8-7-19-16(18(21)25)20-11-14-12-22(9-10-26-14)17(24)15(23)13-5-3-2-4-6-13/h2-8,14-15,23H,9-12H2,1H3,(H,19,20)/t14-,15+/m0/s1. The van der Waals surface area contributed by atoms with E-state index in [9.17, 15) is 14.7 Å². The first kappa shape index (κ1) is 18.1. The van der Waals surface area contributed by atoms with Gasteiger partial charge in [-0.25, -0.2) is 4.98 Å². The van der Waals surface area contributed by atoms with Gasteiger partial charge in [0, 0.05) is 39.1 Å². The molecular weight excluding hydrogens is 336 g/mol. The number of amides is 1. The van der Waals surface area contributed by atoms with Gasteiger partial charge < -0.3 is 24.6 Å². The Morgan fingerprint density at radius 1 is 1.42 bits per heavy atom. The lowest BCUT2D eigenvalue weighted by atomic mass is 10.1. The Morgan fingerprint density at radius 2 is 2.19 bits per heavy atom. The lowest BCUT2D eigenvalue weighted by Gasteiger charge is -2.34. The normalized spacial score (nSPS) is 18.4. The summed E-state index contributed by atoms with van der Waals surface area (Å²) in [7, 11) is 1.65. The van der Waals surface area contributed by atoms with Gasteiger partial charge in [0.1, 0.15) is 0 Å². The quantitative estimate of drug-likeness (QED) is 0.790. The Kier molecular flexibility index (Phi) is 5.65. The van der Waals surface area contributed by atoms with E-state index in [4.69, 9.17) is 4.74 Å². The van der Waals surface area contributed by atoms with Gasteiger partial charge in [-0.3, -0.25) is 9.59 Å². The number of morpholine rings is 1. The van der Waals surface area contributed by atoms with Gasteiger partial charge in [0.15, 0.2) is 11.9 Å². The molecule has 0 aliphatic carbocycles. The van der Waals surface area contributed by atoms with Crippen molar-refractivity contribution in [3.05, 3.63) is 58.6 Å². The smallest absolute Gasteiger partial charge is 0.293 e. The number of nitrogens with one attached hydrogen (secondary N) is 1. The minimum absolute atomic E-state index is 0.226. The summed E-state index contributed by atoms with van der Waals surface area (Å²) in [5.74, 6) is -0.107. The molecule has 3 rings (SSSR count). The molecule has 1 aromatic carbocycles. The molecule has 26 heavy (non-hydrogen) atoms. The third-order valence-electron chi connectivity index (χ3n) is 4.31. The van der Waals surface area contributed by atoms with Gasteiger partial charge in [0.05, 0.1) is 12.7 Å². The lowest BCUT2D eigenvalue weighted by Crippen LogP contribution is -2.49. The molecule has 2 aromatic rings. The van der Waals surface area contributed by atoms with Gasteiger partial charge in [-0.2, -0.15) is 0 Å². The van der Waals surface area contributed by atoms with Crippen LogP contribution in [0, 0.1) is 0 Å². The van der Waals surface area contributed by atoms with Crippen LogP contribution in [0.4, 0.5) is 5.82 Å². The summed E-state index contributed by atoms with van der Waals surface area (Å²) in [6.07, 6.45) is 1.64. The fourth-order valence-electron chi connectivity index (χ4n) is 2.82. The highest BCUT2D eigenvalue weighted by Crippen LogP contribution is 2.17. The van der Waals surface area contributed by atoms with Crippen molar-refractivity contribution in [2.75, 3.05) is 31.6 Å². The number of rotatable bonds is 5. The Hall–Kier alpha value is -2.71. The van der Waals surface area contributed by atoms with Crippen LogP contribution in [0.2, 0.25) is 0 Å². The zero-order chi connectivity index (χ0) is 18.5. The molecular formula is C18H22N4O4. The van der Waals surface area contributed by atoms with Crippen LogP contribution in [-0.2, 0) is 16.6 Å². The number of anilines is 1. The molecule has 0 radical (unpaired) electrons. The van der Waals surface area contributed by atoms with E-state index in [2.05, 4.69) is 10.3 Å². The van der Waals surface area contributed by atoms with Crippen LogP contribution in [0.15, 0.2) is 47.5 Å². The van der Waals surface area contributed by atoms with Crippen LogP contribution in [0.1, 0.15) is 11.7 Å². The van der Waals surface area contributed by atoms with E-state index >= 15 is 0 Å². The second-order valence-electron chi connectivity index (χ2n) is 6.16. The van der Waals surface area contributed by atoms with Gasteiger partial charge >= 0.3 is 0 Å². The number of nitrogens with zero attached hydrogens (tertiary/aromatic N) is 3. The largest absolute Gasteiger partial charge is 0.378 e. The molecule has 1 aromatic heterocycles. The first-order valence-electron chi connectivity index (χ1n) is 8.45. The molecule has 8 nitrogen and oxygen atoms in total. The van der Waals surface area contributed by atoms with E-state index in [0.717, 1.165) is 0 Å². The highest BCUT2D eigenvalue weighted by molar-refractivity contribution is 5.82. The van der Waals surface area contributed by atoms with Gasteiger partial charge in [-0.1, -0.05) is 30.3 Å². The number of benzene rings is 1. The summed E-state index contributed by atoms with van der Waals surface area (Å²) in [5, 5.41) is 13.3. The predicted molar refractivity (Wildman–Crippen MR) is 95.7 cm³/mol. The number of carbonyl (C=O) groups is 1. The summed E-state index contributed by atoms with van der Waals surface area (Å²) in [6, 6.07) is 8.84. The molecule has 1 fully saturated rings. The number of aliphatic hydroxyl groups is 1. The number of ether oxygens (including phenoxy) is 1. The average molecular weight is 358 g/mol. The highest BCUT2D eigenvalue weighted by atomic mass is 16.5. The van der Waals surface area contributed by atoms with Gasteiger partial charge in [-0.15, -0.1) is 0 Å². The van der Waals surface area contributed by atoms with Crippen LogP contribution in [-0.4, -0.2) is 57.8 Å². The fourth-order valence-corrected chi connectivity index (χ4v) is 2.82. The van der Waals surface area contributed by atoms with E-state index < -0.39 is 6.10 Å². The number of hydrogen-bond acceptors (Lipinski definition) is 6. The molecule has 0 spiro atoms. The van der Waals surface area contributed by atoms with Crippen molar-refractivity contribution in [3.63, 3.8) is 0 Å². The van der Waals surface area contributed by atoms with Crippen molar-refractivity contribution in [1.82, 2.24) is 14.5 Å². The van der Waals surface area contributed by atoms with Crippen LogP contribution in [0.5, 0.6) is 0 Å². The van der Waals surface area contributed by atoms with Crippen molar-refractivity contribution in [2.45, 2.75) is 12.2 Å². The maximum absolute atomic E-state index is 12.6.